The summed E-state index contributed by atoms with van der Waals surface area (Å²) in [5.74, 6) is 1.95. The lowest BCUT2D eigenvalue weighted by Crippen LogP contribution is -2.55. The fraction of sp³-hybridized carbons (Fsp3) is 0.821. The second-order valence-electron chi connectivity index (χ2n) is 12.5. The fourth-order valence-electron chi connectivity index (χ4n) is 8.80. The van der Waals surface area contributed by atoms with Crippen LogP contribution in [0.15, 0.2) is 23.8 Å². The number of hydrogen-bond acceptors (Lipinski definition) is 5. The molecule has 0 aromatic rings. The largest absolute Gasteiger partial charge is 0.726 e. The minimum absolute atomic E-state index is 0.0673. The van der Waals surface area contributed by atoms with E-state index < -0.39 is 27.9 Å². The number of aliphatic carboxylic acids is 1. The first-order chi connectivity index (χ1) is 16.3. The van der Waals surface area contributed by atoms with Crippen LogP contribution in [0.3, 0.4) is 0 Å². The standard InChI is InChI=1S/C28H44O6S/c1-17(2)18(3)6-7-19(4)23-10-11-24-22-9-8-20-16-21(34-35(31,32)33)12-15-28(20,26(29)30)25(22)13-14-27(23,24)5/h8,17,19,21-25H,3,6-7,9-16H2,1-2,4-5H3,(H,29,30)(H,31,32,33)/p-1/t19-,21+,22+,23-,24+,25+,27-,28-/m1/s1. The van der Waals surface area contributed by atoms with E-state index in [2.05, 4.69) is 40.3 Å². The van der Waals surface area contributed by atoms with Gasteiger partial charge in [-0.05, 0) is 105 Å². The Bertz CT molecular complexity index is 983. The molecule has 4 aliphatic rings. The highest BCUT2D eigenvalue weighted by molar-refractivity contribution is 7.80. The van der Waals surface area contributed by atoms with Gasteiger partial charge in [-0.3, -0.25) is 8.98 Å². The lowest BCUT2D eigenvalue weighted by Gasteiger charge is -2.57. The highest BCUT2D eigenvalue weighted by atomic mass is 32.3. The summed E-state index contributed by atoms with van der Waals surface area (Å²) >= 11 is 0. The predicted octanol–water partition coefficient (Wildman–Crippen LogP) is 6.10. The van der Waals surface area contributed by atoms with E-state index in [9.17, 15) is 22.9 Å². The average molecular weight is 508 g/mol. The number of allylic oxidation sites excluding steroid dienone is 2. The first-order valence-corrected chi connectivity index (χ1v) is 14.9. The zero-order valence-electron chi connectivity index (χ0n) is 21.8. The molecule has 8 atom stereocenters. The van der Waals surface area contributed by atoms with Crippen LogP contribution >= 0.6 is 0 Å². The van der Waals surface area contributed by atoms with E-state index in [0.717, 1.165) is 37.7 Å². The summed E-state index contributed by atoms with van der Waals surface area (Å²) in [6.07, 6.45) is 9.59. The molecule has 7 heteroatoms. The van der Waals surface area contributed by atoms with Crippen LogP contribution in [-0.4, -0.2) is 30.2 Å². The first kappa shape index (κ1) is 26.9. The lowest BCUT2D eigenvalue weighted by molar-refractivity contribution is -0.159. The van der Waals surface area contributed by atoms with Crippen molar-refractivity contribution in [2.75, 3.05) is 0 Å². The quantitative estimate of drug-likeness (QED) is 0.242. The Hall–Kier alpha value is -1.18. The van der Waals surface area contributed by atoms with E-state index in [0.29, 0.717) is 36.0 Å². The Morgan fingerprint density at radius 3 is 2.54 bits per heavy atom. The molecule has 6 nitrogen and oxygen atoms in total. The van der Waals surface area contributed by atoms with Crippen LogP contribution in [0.25, 0.3) is 0 Å². The van der Waals surface area contributed by atoms with Crippen molar-refractivity contribution in [3.05, 3.63) is 23.8 Å². The molecule has 0 aromatic carbocycles. The van der Waals surface area contributed by atoms with Crippen molar-refractivity contribution in [2.24, 2.45) is 46.3 Å². The van der Waals surface area contributed by atoms with Crippen LogP contribution in [0, 0.1) is 46.3 Å². The molecule has 4 aliphatic carbocycles. The Labute approximate surface area is 211 Å². The smallest absolute Gasteiger partial charge is 0.314 e. The molecule has 0 aromatic heterocycles. The summed E-state index contributed by atoms with van der Waals surface area (Å²) in [5, 5.41) is 10.5. The molecule has 0 unspecified atom stereocenters. The summed E-state index contributed by atoms with van der Waals surface area (Å²) in [5.41, 5.74) is 1.40. The van der Waals surface area contributed by atoms with Gasteiger partial charge in [0.15, 0.2) is 0 Å². The number of rotatable bonds is 8. The molecular weight excluding hydrogens is 464 g/mol. The topological polar surface area (TPSA) is 104 Å². The second kappa shape index (κ2) is 9.60. The van der Waals surface area contributed by atoms with Gasteiger partial charge in [0, 0.05) is 0 Å². The molecule has 4 rings (SSSR count). The molecule has 3 saturated carbocycles. The third-order valence-corrected chi connectivity index (χ3v) is 11.2. The van der Waals surface area contributed by atoms with E-state index in [-0.39, 0.29) is 24.2 Å². The number of hydrogen-bond donors (Lipinski definition) is 1. The van der Waals surface area contributed by atoms with Gasteiger partial charge in [-0.15, -0.1) is 0 Å². The van der Waals surface area contributed by atoms with Gasteiger partial charge in [-0.25, -0.2) is 8.42 Å². The van der Waals surface area contributed by atoms with Crippen LogP contribution in [0.4, 0.5) is 0 Å². The number of carbonyl (C=O) groups is 1. The van der Waals surface area contributed by atoms with Crippen molar-refractivity contribution in [2.45, 2.75) is 98.0 Å². The van der Waals surface area contributed by atoms with Gasteiger partial charge in [0.1, 0.15) is 0 Å². The lowest BCUT2D eigenvalue weighted by atomic mass is 9.46. The molecule has 0 amide bonds. The monoisotopic (exact) mass is 507 g/mol. The SMILES string of the molecule is C=C(CC[C@@H](C)[C@H]1CC[C@H]2[C@@H]3CC=C4C[C@@H](OS(=O)(=O)[O-])CC[C@]4(C(=O)O)[C@H]3CC[C@]12C)C(C)C. The third kappa shape index (κ3) is 4.77. The Morgan fingerprint density at radius 2 is 1.91 bits per heavy atom. The van der Waals surface area contributed by atoms with E-state index in [1.54, 1.807) is 0 Å². The predicted molar refractivity (Wildman–Crippen MR) is 134 cm³/mol. The first-order valence-electron chi connectivity index (χ1n) is 13.5. The maximum atomic E-state index is 12.8. The normalized spacial score (nSPS) is 39.8. The number of carboxylic acid groups (broad SMARTS) is 1. The molecule has 0 radical (unpaired) electrons. The summed E-state index contributed by atoms with van der Waals surface area (Å²) in [6.45, 7) is 13.6. The molecule has 1 N–H and O–H groups in total. The minimum Gasteiger partial charge on any atom is -0.726 e. The Morgan fingerprint density at radius 1 is 1.20 bits per heavy atom. The van der Waals surface area contributed by atoms with Crippen LogP contribution < -0.4 is 0 Å². The van der Waals surface area contributed by atoms with Crippen molar-refractivity contribution in [1.82, 2.24) is 0 Å². The molecule has 0 saturated heterocycles. The zero-order chi connectivity index (χ0) is 25.8. The number of carboxylic acids is 1. The Kier molecular flexibility index (Phi) is 7.37. The van der Waals surface area contributed by atoms with Crippen molar-refractivity contribution < 1.29 is 27.1 Å². The molecular formula is C28H43O6S-. The van der Waals surface area contributed by atoms with Crippen molar-refractivity contribution in [1.29, 1.82) is 0 Å². The van der Waals surface area contributed by atoms with Crippen LogP contribution in [0.2, 0.25) is 0 Å². The van der Waals surface area contributed by atoms with Gasteiger partial charge >= 0.3 is 5.97 Å². The van der Waals surface area contributed by atoms with E-state index >= 15 is 0 Å². The van der Waals surface area contributed by atoms with Crippen molar-refractivity contribution >= 4 is 16.4 Å². The Balaban J connectivity index is 1.54. The summed E-state index contributed by atoms with van der Waals surface area (Å²) in [7, 11) is -4.80. The molecule has 3 fully saturated rings. The van der Waals surface area contributed by atoms with Gasteiger partial charge < -0.3 is 9.66 Å². The van der Waals surface area contributed by atoms with E-state index in [1.165, 1.54) is 18.4 Å². The molecule has 0 heterocycles. The minimum atomic E-state index is -4.80. The summed E-state index contributed by atoms with van der Waals surface area (Å²) in [4.78, 5) is 12.8. The third-order valence-electron chi connectivity index (χ3n) is 10.7. The van der Waals surface area contributed by atoms with E-state index in [1.807, 2.05) is 0 Å². The van der Waals surface area contributed by atoms with Crippen molar-refractivity contribution in [3.8, 4) is 0 Å². The van der Waals surface area contributed by atoms with Gasteiger partial charge in [0.2, 0.25) is 10.4 Å². The second-order valence-corrected chi connectivity index (χ2v) is 13.6. The van der Waals surface area contributed by atoms with Crippen LogP contribution in [0.1, 0.15) is 91.9 Å². The molecule has 198 valence electrons. The van der Waals surface area contributed by atoms with Crippen LogP contribution in [0.5, 0.6) is 0 Å². The maximum absolute atomic E-state index is 12.8. The van der Waals surface area contributed by atoms with Gasteiger partial charge in [-0.2, -0.15) is 0 Å². The summed E-state index contributed by atoms with van der Waals surface area (Å²) < 4.78 is 38.2. The highest BCUT2D eigenvalue weighted by Crippen LogP contribution is 2.67. The van der Waals surface area contributed by atoms with E-state index in [4.69, 9.17) is 4.18 Å². The van der Waals surface area contributed by atoms with Gasteiger partial charge in [0.25, 0.3) is 0 Å². The fourth-order valence-corrected chi connectivity index (χ4v) is 9.30. The van der Waals surface area contributed by atoms with Gasteiger partial charge in [0.05, 0.1) is 11.5 Å². The number of fused-ring (bicyclic) bond motifs is 5. The molecule has 0 aliphatic heterocycles. The van der Waals surface area contributed by atoms with Crippen molar-refractivity contribution in [3.63, 3.8) is 0 Å². The summed E-state index contributed by atoms with van der Waals surface area (Å²) in [6, 6.07) is 0. The zero-order valence-corrected chi connectivity index (χ0v) is 22.6. The molecule has 35 heavy (non-hydrogen) atoms. The highest BCUT2D eigenvalue weighted by Gasteiger charge is 2.62. The van der Waals surface area contributed by atoms with Crippen LogP contribution in [-0.2, 0) is 19.4 Å². The average Bonchev–Trinajstić information content (AvgIpc) is 3.12. The maximum Gasteiger partial charge on any atom is 0.314 e. The van der Waals surface area contributed by atoms with Gasteiger partial charge in [-0.1, -0.05) is 51.5 Å². The molecule has 0 bridgehead atoms. The molecule has 0 spiro atoms.